The zero-order valence-electron chi connectivity index (χ0n) is 17.1. The van der Waals surface area contributed by atoms with Crippen LogP contribution < -0.4 is 4.74 Å². The molecule has 1 aliphatic heterocycles. The van der Waals surface area contributed by atoms with Gasteiger partial charge in [-0.05, 0) is 62.3 Å². The summed E-state index contributed by atoms with van der Waals surface area (Å²) in [6.07, 6.45) is 10.0. The fraction of sp³-hybridized carbons (Fsp3) is 0.208. The smallest absolute Gasteiger partial charge is 0.144 e. The number of aromatic hydroxyl groups is 1. The molecular formula is C24H25FN2O2. The molecule has 0 bridgehead atoms. The number of pyridine rings is 1. The molecule has 1 aliphatic rings. The molecule has 5 heteroatoms. The standard InChI is InChI=1S/C24H25FN2O2/c1-5-16(2)24(22-18(25)10-8-12-20(22)28)27-15-7-6-11-19(27)17(3)23-21(29-4)13-9-14-26-23/h6-15,28H,5H2,1-4H3/b19-17+,24-16?. The first-order chi connectivity index (χ1) is 14.0. The molecule has 0 spiro atoms. The maximum atomic E-state index is 14.8. The number of hydrogen-bond acceptors (Lipinski definition) is 4. The SMILES string of the molecule is CCC(C)=C(c1c(O)cccc1F)N1C=CC=C/C1=C(/C)c1ncccc1OC. The summed E-state index contributed by atoms with van der Waals surface area (Å²) in [6.45, 7) is 5.91. The number of halogens is 1. The zero-order valence-corrected chi connectivity index (χ0v) is 17.1. The minimum absolute atomic E-state index is 0.0943. The van der Waals surface area contributed by atoms with E-state index >= 15 is 0 Å². The third-order valence-corrected chi connectivity index (χ3v) is 4.99. The minimum atomic E-state index is -0.469. The van der Waals surface area contributed by atoms with Crippen LogP contribution in [0.15, 0.2) is 72.2 Å². The van der Waals surface area contributed by atoms with Crippen LogP contribution in [0.25, 0.3) is 11.3 Å². The van der Waals surface area contributed by atoms with Crippen molar-refractivity contribution in [2.45, 2.75) is 27.2 Å². The number of nitrogens with zero attached hydrogens (tertiary/aromatic N) is 2. The molecule has 0 saturated heterocycles. The second-order valence-electron chi connectivity index (χ2n) is 6.75. The maximum absolute atomic E-state index is 14.8. The van der Waals surface area contributed by atoms with E-state index in [1.165, 1.54) is 18.2 Å². The molecule has 29 heavy (non-hydrogen) atoms. The average molecular weight is 392 g/mol. The highest BCUT2D eigenvalue weighted by molar-refractivity contribution is 5.79. The summed E-state index contributed by atoms with van der Waals surface area (Å²) in [5.74, 6) is 0.0956. The Bertz CT molecular complexity index is 1010. The summed E-state index contributed by atoms with van der Waals surface area (Å²) in [5.41, 5.74) is 4.16. The molecule has 0 aliphatic carbocycles. The predicted molar refractivity (Wildman–Crippen MR) is 114 cm³/mol. The van der Waals surface area contributed by atoms with E-state index < -0.39 is 5.82 Å². The zero-order chi connectivity index (χ0) is 21.0. The number of phenolic OH excluding ortho intramolecular Hbond substituents is 1. The first kappa shape index (κ1) is 20.4. The van der Waals surface area contributed by atoms with Crippen LogP contribution in [0.1, 0.15) is 38.4 Å². The van der Waals surface area contributed by atoms with Crippen molar-refractivity contribution >= 4 is 11.3 Å². The van der Waals surface area contributed by atoms with E-state index in [9.17, 15) is 9.50 Å². The molecule has 150 valence electrons. The quantitative estimate of drug-likeness (QED) is 0.689. The highest BCUT2D eigenvalue weighted by Crippen LogP contribution is 2.39. The van der Waals surface area contributed by atoms with Crippen molar-refractivity contribution in [1.29, 1.82) is 0 Å². The Morgan fingerprint density at radius 1 is 1.17 bits per heavy atom. The number of ether oxygens (including phenoxy) is 1. The number of methoxy groups -OCH3 is 1. The van der Waals surface area contributed by atoms with Gasteiger partial charge in [-0.15, -0.1) is 0 Å². The summed E-state index contributed by atoms with van der Waals surface area (Å²) in [4.78, 5) is 6.39. The topological polar surface area (TPSA) is 45.6 Å². The number of benzene rings is 1. The summed E-state index contributed by atoms with van der Waals surface area (Å²) in [7, 11) is 1.61. The van der Waals surface area contributed by atoms with Crippen LogP contribution in [0.3, 0.4) is 0 Å². The second-order valence-corrected chi connectivity index (χ2v) is 6.75. The summed E-state index contributed by atoms with van der Waals surface area (Å²) in [6, 6.07) is 8.04. The molecule has 1 aromatic carbocycles. The Morgan fingerprint density at radius 3 is 2.66 bits per heavy atom. The highest BCUT2D eigenvalue weighted by Gasteiger charge is 2.24. The Labute approximate surface area is 171 Å². The van der Waals surface area contributed by atoms with Gasteiger partial charge in [0.25, 0.3) is 0 Å². The van der Waals surface area contributed by atoms with E-state index in [0.717, 1.165) is 16.8 Å². The lowest BCUT2D eigenvalue weighted by Crippen LogP contribution is -2.19. The largest absolute Gasteiger partial charge is 0.507 e. The molecule has 0 atom stereocenters. The van der Waals surface area contributed by atoms with E-state index in [1.807, 2.05) is 62.2 Å². The van der Waals surface area contributed by atoms with E-state index in [-0.39, 0.29) is 11.3 Å². The third kappa shape index (κ3) is 3.94. The van der Waals surface area contributed by atoms with Crippen LogP contribution in [-0.2, 0) is 0 Å². The number of aromatic nitrogens is 1. The molecule has 4 nitrogen and oxygen atoms in total. The summed E-state index contributed by atoms with van der Waals surface area (Å²) >= 11 is 0. The van der Waals surface area contributed by atoms with E-state index in [0.29, 0.717) is 23.6 Å². The molecule has 2 heterocycles. The van der Waals surface area contributed by atoms with Gasteiger partial charge in [0.2, 0.25) is 0 Å². The van der Waals surface area contributed by atoms with Gasteiger partial charge in [0, 0.05) is 18.0 Å². The van der Waals surface area contributed by atoms with Gasteiger partial charge in [0.05, 0.1) is 24.1 Å². The molecule has 2 aromatic rings. The lowest BCUT2D eigenvalue weighted by Gasteiger charge is -2.31. The van der Waals surface area contributed by atoms with Crippen LogP contribution >= 0.6 is 0 Å². The van der Waals surface area contributed by atoms with E-state index in [2.05, 4.69) is 4.98 Å². The molecule has 0 radical (unpaired) electrons. The van der Waals surface area contributed by atoms with Crippen LogP contribution in [0.5, 0.6) is 11.5 Å². The van der Waals surface area contributed by atoms with Crippen molar-refractivity contribution in [3.05, 3.63) is 89.3 Å². The molecule has 0 saturated carbocycles. The van der Waals surface area contributed by atoms with Crippen LogP contribution in [0.4, 0.5) is 4.39 Å². The van der Waals surface area contributed by atoms with E-state index in [1.54, 1.807) is 13.3 Å². The Kier molecular flexibility index (Phi) is 6.17. The van der Waals surface area contributed by atoms with Gasteiger partial charge in [-0.25, -0.2) is 4.39 Å². The molecule has 1 aromatic heterocycles. The Hall–Kier alpha value is -3.34. The minimum Gasteiger partial charge on any atom is -0.507 e. The van der Waals surface area contributed by atoms with Crippen molar-refractivity contribution in [2.24, 2.45) is 0 Å². The maximum Gasteiger partial charge on any atom is 0.144 e. The lowest BCUT2D eigenvalue weighted by atomic mass is 9.99. The normalized spacial score (nSPS) is 16.0. The van der Waals surface area contributed by atoms with Gasteiger partial charge < -0.3 is 14.7 Å². The fourth-order valence-corrected chi connectivity index (χ4v) is 3.36. The van der Waals surface area contributed by atoms with Gasteiger partial charge in [-0.2, -0.15) is 0 Å². The number of hydrogen-bond donors (Lipinski definition) is 1. The van der Waals surface area contributed by atoms with Crippen molar-refractivity contribution in [3.8, 4) is 11.5 Å². The van der Waals surface area contributed by atoms with Crippen molar-refractivity contribution in [1.82, 2.24) is 9.88 Å². The van der Waals surface area contributed by atoms with Crippen LogP contribution in [0, 0.1) is 5.82 Å². The van der Waals surface area contributed by atoms with Crippen molar-refractivity contribution < 1.29 is 14.2 Å². The summed E-state index contributed by atoms with van der Waals surface area (Å²) < 4.78 is 20.3. The molecule has 1 N–H and O–H groups in total. The Balaban J connectivity index is 2.25. The molecule has 3 rings (SSSR count). The first-order valence-corrected chi connectivity index (χ1v) is 9.51. The average Bonchev–Trinajstić information content (AvgIpc) is 2.75. The van der Waals surface area contributed by atoms with Gasteiger partial charge in [0.15, 0.2) is 0 Å². The van der Waals surface area contributed by atoms with Crippen LogP contribution in [-0.4, -0.2) is 22.1 Å². The van der Waals surface area contributed by atoms with Crippen molar-refractivity contribution in [3.63, 3.8) is 0 Å². The van der Waals surface area contributed by atoms with E-state index in [4.69, 9.17) is 4.74 Å². The third-order valence-electron chi connectivity index (χ3n) is 4.99. The monoisotopic (exact) mass is 392 g/mol. The van der Waals surface area contributed by atoms with Gasteiger partial charge >= 0.3 is 0 Å². The lowest BCUT2D eigenvalue weighted by molar-refractivity contribution is 0.411. The fourth-order valence-electron chi connectivity index (χ4n) is 3.36. The second kappa shape index (κ2) is 8.78. The van der Waals surface area contributed by atoms with Crippen LogP contribution in [0.2, 0.25) is 0 Å². The molecule has 0 unspecified atom stereocenters. The van der Waals surface area contributed by atoms with Gasteiger partial charge in [-0.1, -0.05) is 19.1 Å². The number of allylic oxidation sites excluding steroid dienone is 5. The Morgan fingerprint density at radius 2 is 1.97 bits per heavy atom. The van der Waals surface area contributed by atoms with Gasteiger partial charge in [-0.3, -0.25) is 4.98 Å². The predicted octanol–water partition coefficient (Wildman–Crippen LogP) is 5.89. The summed E-state index contributed by atoms with van der Waals surface area (Å²) in [5, 5.41) is 10.5. The van der Waals surface area contributed by atoms with Crippen molar-refractivity contribution in [2.75, 3.05) is 7.11 Å². The number of phenols is 1. The molecular weight excluding hydrogens is 367 g/mol. The number of rotatable bonds is 5. The molecule has 0 fully saturated rings. The molecule has 0 amide bonds. The van der Waals surface area contributed by atoms with Gasteiger partial charge in [0.1, 0.15) is 23.0 Å². The highest BCUT2D eigenvalue weighted by atomic mass is 19.1. The first-order valence-electron chi connectivity index (χ1n) is 9.51.